The molecule has 5 N–H and O–H groups in total. The van der Waals surface area contributed by atoms with Gasteiger partial charge < -0.3 is 21.1 Å². The fourth-order valence-corrected chi connectivity index (χ4v) is 3.68. The molecule has 0 unspecified atom stereocenters. The molecule has 28 heavy (non-hydrogen) atoms. The lowest BCUT2D eigenvalue weighted by atomic mass is 9.64. The number of ketones is 2. The van der Waals surface area contributed by atoms with E-state index in [-0.39, 0.29) is 30.2 Å². The number of hydrogen-bond acceptors (Lipinski definition) is 6. The molecule has 3 rings (SSSR count). The van der Waals surface area contributed by atoms with Crippen LogP contribution in [0, 0.1) is 0 Å². The third kappa shape index (κ3) is 4.33. The Morgan fingerprint density at radius 2 is 1.96 bits per heavy atom. The Hall–Kier alpha value is -2.48. The maximum Gasteiger partial charge on any atom is 0.526 e. The summed E-state index contributed by atoms with van der Waals surface area (Å²) in [4.78, 5) is 24.4. The van der Waals surface area contributed by atoms with Gasteiger partial charge in [0.15, 0.2) is 5.78 Å². The number of para-hydroxylation sites is 1. The minimum absolute atomic E-state index is 0.00835. The quantitative estimate of drug-likeness (QED) is 0.498. The first kappa shape index (κ1) is 20.3. The van der Waals surface area contributed by atoms with Gasteiger partial charge in [0.05, 0.1) is 5.56 Å². The molecule has 2 aromatic carbocycles. The fourth-order valence-electron chi connectivity index (χ4n) is 3.68. The van der Waals surface area contributed by atoms with E-state index in [1.807, 2.05) is 24.3 Å². The summed E-state index contributed by atoms with van der Waals surface area (Å²) in [5.41, 5.74) is 15.5. The molecule has 146 valence electrons. The second-order valence-corrected chi connectivity index (χ2v) is 7.25. The average molecular weight is 380 g/mol. The standard InChI is InChI=1S/C21H25BN2O4/c1-13(25)20-4-2-3-16-8-18(22(27)28-21(16)20)10-19(26)9-15-6-5-14(11-23)7-17(15)12-24/h2-7,18,27H,8-12,23-24H2,1H3/t18-/m1/s1. The van der Waals surface area contributed by atoms with Gasteiger partial charge in [0.25, 0.3) is 0 Å². The largest absolute Gasteiger partial charge is 0.535 e. The van der Waals surface area contributed by atoms with E-state index in [1.54, 1.807) is 12.1 Å². The monoisotopic (exact) mass is 380 g/mol. The van der Waals surface area contributed by atoms with Gasteiger partial charge in [-0.2, -0.15) is 0 Å². The summed E-state index contributed by atoms with van der Waals surface area (Å²) in [6.45, 7) is 2.23. The van der Waals surface area contributed by atoms with E-state index in [0.29, 0.717) is 30.8 Å². The Morgan fingerprint density at radius 1 is 1.18 bits per heavy atom. The van der Waals surface area contributed by atoms with E-state index in [1.165, 1.54) is 6.92 Å². The molecule has 0 aromatic heterocycles. The molecule has 1 atom stereocenters. The van der Waals surface area contributed by atoms with Crippen molar-refractivity contribution in [2.45, 2.75) is 45.1 Å². The summed E-state index contributed by atoms with van der Waals surface area (Å²) >= 11 is 0. The van der Waals surface area contributed by atoms with Gasteiger partial charge in [-0.3, -0.25) is 9.59 Å². The van der Waals surface area contributed by atoms with Gasteiger partial charge in [0.1, 0.15) is 11.5 Å². The molecule has 1 aliphatic heterocycles. The number of rotatable bonds is 7. The molecule has 0 bridgehead atoms. The van der Waals surface area contributed by atoms with Crippen molar-refractivity contribution in [2.75, 3.05) is 0 Å². The van der Waals surface area contributed by atoms with E-state index in [2.05, 4.69) is 0 Å². The van der Waals surface area contributed by atoms with Crippen LogP contribution in [0.5, 0.6) is 5.75 Å². The highest BCUT2D eigenvalue weighted by molar-refractivity contribution is 6.47. The lowest BCUT2D eigenvalue weighted by Gasteiger charge is -2.28. The van der Waals surface area contributed by atoms with E-state index in [4.69, 9.17) is 16.1 Å². The number of carbonyl (C=O) groups is 2. The van der Waals surface area contributed by atoms with E-state index in [9.17, 15) is 14.6 Å². The van der Waals surface area contributed by atoms with Gasteiger partial charge >= 0.3 is 7.12 Å². The zero-order valence-electron chi connectivity index (χ0n) is 16.0. The van der Waals surface area contributed by atoms with Crippen molar-refractivity contribution in [3.63, 3.8) is 0 Å². The molecule has 0 radical (unpaired) electrons. The van der Waals surface area contributed by atoms with Crippen LogP contribution in [-0.4, -0.2) is 23.7 Å². The van der Waals surface area contributed by atoms with Crippen LogP contribution < -0.4 is 16.1 Å². The van der Waals surface area contributed by atoms with E-state index in [0.717, 1.165) is 22.3 Å². The molecule has 0 spiro atoms. The van der Waals surface area contributed by atoms with Crippen LogP contribution in [0.2, 0.25) is 5.82 Å². The van der Waals surface area contributed by atoms with Crippen LogP contribution >= 0.6 is 0 Å². The van der Waals surface area contributed by atoms with Crippen molar-refractivity contribution in [1.29, 1.82) is 0 Å². The Balaban J connectivity index is 1.72. The Morgan fingerprint density at radius 3 is 2.64 bits per heavy atom. The SMILES string of the molecule is CC(=O)c1cccc2c1OB(O)[C@@H](CC(=O)Cc1ccc(CN)cc1CN)C2. The van der Waals surface area contributed by atoms with E-state index >= 15 is 0 Å². The maximum atomic E-state index is 12.6. The predicted octanol–water partition coefficient (Wildman–Crippen LogP) is 1.79. The molecule has 6 nitrogen and oxygen atoms in total. The van der Waals surface area contributed by atoms with Crippen LogP contribution in [0.15, 0.2) is 36.4 Å². The van der Waals surface area contributed by atoms with Crippen LogP contribution in [-0.2, 0) is 30.7 Å². The third-order valence-corrected chi connectivity index (χ3v) is 5.20. The number of benzene rings is 2. The molecule has 0 saturated carbocycles. The maximum absolute atomic E-state index is 12.6. The van der Waals surface area contributed by atoms with E-state index < -0.39 is 7.12 Å². The lowest BCUT2D eigenvalue weighted by molar-refractivity contribution is -0.118. The Bertz CT molecular complexity index is 900. The zero-order valence-corrected chi connectivity index (χ0v) is 16.0. The molecule has 0 aliphatic carbocycles. The van der Waals surface area contributed by atoms with Gasteiger partial charge in [-0.1, -0.05) is 30.3 Å². The Kier molecular flexibility index (Phi) is 6.29. The first-order valence-electron chi connectivity index (χ1n) is 9.43. The first-order chi connectivity index (χ1) is 13.4. The zero-order chi connectivity index (χ0) is 20.3. The Labute approximate surface area is 165 Å². The lowest BCUT2D eigenvalue weighted by Crippen LogP contribution is -2.36. The second kappa shape index (κ2) is 8.69. The molecule has 1 aliphatic rings. The highest BCUT2D eigenvalue weighted by atomic mass is 16.5. The summed E-state index contributed by atoms with van der Waals surface area (Å²) in [6.07, 6.45) is 0.924. The number of fused-ring (bicyclic) bond motifs is 1. The van der Waals surface area contributed by atoms with Crippen molar-refractivity contribution < 1.29 is 19.3 Å². The van der Waals surface area contributed by atoms with Gasteiger partial charge in [0.2, 0.25) is 0 Å². The normalized spacial score (nSPS) is 15.7. The number of hydrogen-bond donors (Lipinski definition) is 3. The fraction of sp³-hybridized carbons (Fsp3) is 0.333. The van der Waals surface area contributed by atoms with Crippen LogP contribution in [0.3, 0.4) is 0 Å². The average Bonchev–Trinajstić information content (AvgIpc) is 2.68. The molecule has 2 aromatic rings. The topological polar surface area (TPSA) is 116 Å². The van der Waals surface area contributed by atoms with Gasteiger partial charge in [-0.25, -0.2) is 0 Å². The van der Waals surface area contributed by atoms with Crippen molar-refractivity contribution in [1.82, 2.24) is 0 Å². The smallest absolute Gasteiger partial charge is 0.526 e. The van der Waals surface area contributed by atoms with Crippen LogP contribution in [0.25, 0.3) is 0 Å². The van der Waals surface area contributed by atoms with Crippen molar-refractivity contribution in [3.05, 3.63) is 64.2 Å². The number of carbonyl (C=O) groups excluding carboxylic acids is 2. The summed E-state index contributed by atoms with van der Waals surface area (Å²) in [7, 11) is -1.12. The van der Waals surface area contributed by atoms with Gasteiger partial charge in [-0.15, -0.1) is 0 Å². The number of Topliss-reactive ketones (excluding diaryl/α,β-unsaturated/α-hetero) is 2. The number of nitrogens with two attached hydrogens (primary N) is 2. The highest BCUT2D eigenvalue weighted by Gasteiger charge is 2.37. The summed E-state index contributed by atoms with van der Waals surface area (Å²) in [6, 6.07) is 11.1. The summed E-state index contributed by atoms with van der Waals surface area (Å²) in [5.74, 6) is -0.0383. The summed E-state index contributed by atoms with van der Waals surface area (Å²) in [5, 5.41) is 10.4. The molecular formula is C21H25BN2O4. The van der Waals surface area contributed by atoms with Crippen molar-refractivity contribution >= 4 is 18.7 Å². The van der Waals surface area contributed by atoms with Crippen molar-refractivity contribution in [3.8, 4) is 5.75 Å². The van der Waals surface area contributed by atoms with Gasteiger partial charge in [-0.05, 0) is 41.7 Å². The molecule has 0 saturated heterocycles. The van der Waals surface area contributed by atoms with Crippen LogP contribution in [0.4, 0.5) is 0 Å². The molecular weight excluding hydrogens is 355 g/mol. The highest BCUT2D eigenvalue weighted by Crippen LogP contribution is 2.36. The molecule has 0 fully saturated rings. The summed E-state index contributed by atoms with van der Waals surface area (Å²) < 4.78 is 5.61. The minimum atomic E-state index is -1.12. The van der Waals surface area contributed by atoms with Crippen LogP contribution in [0.1, 0.15) is 46.0 Å². The molecule has 7 heteroatoms. The van der Waals surface area contributed by atoms with Crippen molar-refractivity contribution in [2.24, 2.45) is 11.5 Å². The third-order valence-electron chi connectivity index (χ3n) is 5.20. The first-order valence-corrected chi connectivity index (χ1v) is 9.43. The van der Waals surface area contributed by atoms with Gasteiger partial charge in [0, 0.05) is 31.7 Å². The molecule has 1 heterocycles. The molecule has 0 amide bonds. The predicted molar refractivity (Wildman–Crippen MR) is 108 cm³/mol. The minimum Gasteiger partial charge on any atom is -0.535 e. The second-order valence-electron chi connectivity index (χ2n) is 7.25.